The van der Waals surface area contributed by atoms with Gasteiger partial charge in [0.05, 0.1) is 0 Å². The van der Waals surface area contributed by atoms with Crippen LogP contribution in [0.2, 0.25) is 0 Å². The Kier molecular flexibility index (Phi) is 3.91. The first-order chi connectivity index (χ1) is 7.57. The van der Waals surface area contributed by atoms with Crippen molar-refractivity contribution in [1.82, 2.24) is 9.80 Å². The van der Waals surface area contributed by atoms with Crippen LogP contribution in [0.3, 0.4) is 0 Å². The Morgan fingerprint density at radius 1 is 0.812 bits per heavy atom. The van der Waals surface area contributed by atoms with Crippen molar-refractivity contribution in [3.05, 3.63) is 0 Å². The minimum Gasteiger partial charge on any atom is -0.300 e. The first-order valence-corrected chi connectivity index (χ1v) is 7.06. The Labute approximate surface area is 101 Å². The molecule has 0 spiro atoms. The SMILES string of the molecule is CC(C)(C)N1CCCC(N2CCCC2)CC1. The van der Waals surface area contributed by atoms with Gasteiger partial charge in [0.15, 0.2) is 0 Å². The van der Waals surface area contributed by atoms with Crippen molar-refractivity contribution < 1.29 is 0 Å². The van der Waals surface area contributed by atoms with E-state index >= 15 is 0 Å². The lowest BCUT2D eigenvalue weighted by atomic mass is 10.1. The molecule has 2 nitrogen and oxygen atoms in total. The Bertz CT molecular complexity index is 213. The Morgan fingerprint density at radius 3 is 2.12 bits per heavy atom. The minimum atomic E-state index is 0.361. The maximum absolute atomic E-state index is 2.74. The second-order valence-corrected chi connectivity index (χ2v) is 6.49. The van der Waals surface area contributed by atoms with Crippen molar-refractivity contribution in [3.8, 4) is 0 Å². The fourth-order valence-corrected chi connectivity index (χ4v) is 3.22. The number of hydrogen-bond acceptors (Lipinski definition) is 2. The molecule has 2 heteroatoms. The van der Waals surface area contributed by atoms with Gasteiger partial charge in [0.2, 0.25) is 0 Å². The topological polar surface area (TPSA) is 6.48 Å². The molecule has 2 saturated heterocycles. The predicted octanol–water partition coefficient (Wildman–Crippen LogP) is 2.74. The molecule has 1 atom stereocenters. The summed E-state index contributed by atoms with van der Waals surface area (Å²) >= 11 is 0. The van der Waals surface area contributed by atoms with Crippen molar-refractivity contribution in [1.29, 1.82) is 0 Å². The van der Waals surface area contributed by atoms with Gasteiger partial charge >= 0.3 is 0 Å². The van der Waals surface area contributed by atoms with E-state index in [0.717, 1.165) is 6.04 Å². The average molecular weight is 224 g/mol. The lowest BCUT2D eigenvalue weighted by Crippen LogP contribution is -2.42. The third-order valence-electron chi connectivity index (χ3n) is 4.30. The van der Waals surface area contributed by atoms with Crippen molar-refractivity contribution in [2.45, 2.75) is 64.5 Å². The first kappa shape index (κ1) is 12.4. The zero-order valence-corrected chi connectivity index (χ0v) is 11.3. The van der Waals surface area contributed by atoms with Gasteiger partial charge in [-0.15, -0.1) is 0 Å². The number of likely N-dealkylation sites (tertiary alicyclic amines) is 2. The van der Waals surface area contributed by atoms with Crippen LogP contribution in [-0.4, -0.2) is 47.6 Å². The van der Waals surface area contributed by atoms with E-state index in [2.05, 4.69) is 30.6 Å². The maximum atomic E-state index is 2.74. The Hall–Kier alpha value is -0.0800. The van der Waals surface area contributed by atoms with Crippen LogP contribution in [0, 0.1) is 0 Å². The molecule has 0 bridgehead atoms. The van der Waals surface area contributed by atoms with Gasteiger partial charge in [0.25, 0.3) is 0 Å². The quantitative estimate of drug-likeness (QED) is 0.676. The van der Waals surface area contributed by atoms with Crippen LogP contribution in [-0.2, 0) is 0 Å². The smallest absolute Gasteiger partial charge is 0.0125 e. The fraction of sp³-hybridized carbons (Fsp3) is 1.00. The second kappa shape index (κ2) is 5.05. The van der Waals surface area contributed by atoms with Crippen LogP contribution in [0.5, 0.6) is 0 Å². The van der Waals surface area contributed by atoms with Gasteiger partial charge < -0.3 is 4.90 Å². The van der Waals surface area contributed by atoms with Crippen LogP contribution >= 0.6 is 0 Å². The minimum absolute atomic E-state index is 0.361. The largest absolute Gasteiger partial charge is 0.300 e. The molecule has 2 aliphatic heterocycles. The summed E-state index contributed by atoms with van der Waals surface area (Å²) in [7, 11) is 0. The zero-order chi connectivity index (χ0) is 11.6. The zero-order valence-electron chi connectivity index (χ0n) is 11.3. The highest BCUT2D eigenvalue weighted by Gasteiger charge is 2.28. The molecule has 2 rings (SSSR count). The summed E-state index contributed by atoms with van der Waals surface area (Å²) in [5, 5.41) is 0. The van der Waals surface area contributed by atoms with Crippen molar-refractivity contribution >= 4 is 0 Å². The van der Waals surface area contributed by atoms with E-state index in [9.17, 15) is 0 Å². The van der Waals surface area contributed by atoms with Gasteiger partial charge in [0.1, 0.15) is 0 Å². The number of nitrogens with zero attached hydrogens (tertiary/aromatic N) is 2. The van der Waals surface area contributed by atoms with Crippen molar-refractivity contribution in [2.75, 3.05) is 26.2 Å². The van der Waals surface area contributed by atoms with Crippen LogP contribution in [0.1, 0.15) is 52.9 Å². The van der Waals surface area contributed by atoms with Crippen LogP contribution in [0.15, 0.2) is 0 Å². The third-order valence-corrected chi connectivity index (χ3v) is 4.30. The van der Waals surface area contributed by atoms with E-state index in [1.54, 1.807) is 0 Å². The predicted molar refractivity (Wildman–Crippen MR) is 69.8 cm³/mol. The van der Waals surface area contributed by atoms with Gasteiger partial charge in [-0.2, -0.15) is 0 Å². The molecule has 1 unspecified atom stereocenters. The molecule has 0 N–H and O–H groups in total. The molecule has 94 valence electrons. The molecule has 2 aliphatic rings. The number of hydrogen-bond donors (Lipinski definition) is 0. The molecule has 0 saturated carbocycles. The summed E-state index contributed by atoms with van der Waals surface area (Å²) in [6, 6.07) is 0.884. The van der Waals surface area contributed by atoms with Gasteiger partial charge in [-0.25, -0.2) is 0 Å². The molecule has 0 amide bonds. The maximum Gasteiger partial charge on any atom is 0.0125 e. The highest BCUT2D eigenvalue weighted by Crippen LogP contribution is 2.24. The van der Waals surface area contributed by atoms with E-state index in [0.29, 0.717) is 5.54 Å². The molecule has 2 heterocycles. The molecule has 0 aromatic rings. The summed E-state index contributed by atoms with van der Waals surface area (Å²) in [5.74, 6) is 0. The van der Waals surface area contributed by atoms with E-state index < -0.39 is 0 Å². The summed E-state index contributed by atoms with van der Waals surface area (Å²) in [5.41, 5.74) is 0.361. The molecule has 0 aromatic heterocycles. The van der Waals surface area contributed by atoms with Gasteiger partial charge in [-0.05, 0) is 72.5 Å². The standard InChI is InChI=1S/C14H28N2/c1-14(2,3)16-11-6-7-13(8-12-16)15-9-4-5-10-15/h13H,4-12H2,1-3H3. The molecule has 0 aromatic carbocycles. The summed E-state index contributed by atoms with van der Waals surface area (Å²) in [4.78, 5) is 5.41. The highest BCUT2D eigenvalue weighted by atomic mass is 15.2. The molecule has 0 aliphatic carbocycles. The highest BCUT2D eigenvalue weighted by molar-refractivity contribution is 4.84. The summed E-state index contributed by atoms with van der Waals surface area (Å²) < 4.78 is 0. The average Bonchev–Trinajstić information content (AvgIpc) is 2.60. The van der Waals surface area contributed by atoms with Crippen LogP contribution < -0.4 is 0 Å². The monoisotopic (exact) mass is 224 g/mol. The fourth-order valence-electron chi connectivity index (χ4n) is 3.22. The van der Waals surface area contributed by atoms with E-state index in [-0.39, 0.29) is 0 Å². The van der Waals surface area contributed by atoms with Crippen molar-refractivity contribution in [3.63, 3.8) is 0 Å². The van der Waals surface area contributed by atoms with Gasteiger partial charge in [0, 0.05) is 18.1 Å². The van der Waals surface area contributed by atoms with Gasteiger partial charge in [-0.3, -0.25) is 4.90 Å². The summed E-state index contributed by atoms with van der Waals surface area (Å²) in [6.07, 6.45) is 7.06. The first-order valence-electron chi connectivity index (χ1n) is 7.06. The lowest BCUT2D eigenvalue weighted by molar-refractivity contribution is 0.136. The molecular formula is C14H28N2. The van der Waals surface area contributed by atoms with E-state index in [4.69, 9.17) is 0 Å². The Balaban J connectivity index is 1.87. The molecule has 16 heavy (non-hydrogen) atoms. The third kappa shape index (κ3) is 2.98. The molecule has 2 fully saturated rings. The van der Waals surface area contributed by atoms with E-state index in [1.165, 1.54) is 58.3 Å². The Morgan fingerprint density at radius 2 is 1.50 bits per heavy atom. The molecular weight excluding hydrogens is 196 g/mol. The molecule has 0 radical (unpaired) electrons. The normalized spacial score (nSPS) is 30.6. The lowest BCUT2D eigenvalue weighted by Gasteiger charge is -2.35. The second-order valence-electron chi connectivity index (χ2n) is 6.49. The summed E-state index contributed by atoms with van der Waals surface area (Å²) in [6.45, 7) is 12.4. The van der Waals surface area contributed by atoms with E-state index in [1.807, 2.05) is 0 Å². The van der Waals surface area contributed by atoms with Crippen LogP contribution in [0.25, 0.3) is 0 Å². The van der Waals surface area contributed by atoms with Gasteiger partial charge in [-0.1, -0.05) is 0 Å². The van der Waals surface area contributed by atoms with Crippen molar-refractivity contribution in [2.24, 2.45) is 0 Å². The van der Waals surface area contributed by atoms with Crippen LogP contribution in [0.4, 0.5) is 0 Å². The number of rotatable bonds is 1.